The molecular weight excluding hydrogens is 302 g/mol. The highest BCUT2D eigenvalue weighted by Gasteiger charge is 2.13. The van der Waals surface area contributed by atoms with E-state index in [-0.39, 0.29) is 23.6 Å². The Labute approximate surface area is 133 Å². The third-order valence-electron chi connectivity index (χ3n) is 3.13. The van der Waals surface area contributed by atoms with Crippen molar-refractivity contribution < 1.29 is 14.7 Å². The monoisotopic (exact) mass is 317 g/mol. The molecule has 0 radical (unpaired) electrons. The zero-order valence-electron chi connectivity index (χ0n) is 12.3. The van der Waals surface area contributed by atoms with Gasteiger partial charge >= 0.3 is 5.97 Å². The maximum Gasteiger partial charge on any atom is 0.337 e. The molecule has 0 saturated heterocycles. The molecule has 5 heteroatoms. The second-order valence-electron chi connectivity index (χ2n) is 5.22. The lowest BCUT2D eigenvalue weighted by Gasteiger charge is -2.10. The Morgan fingerprint density at radius 3 is 2.32 bits per heavy atom. The normalized spacial score (nSPS) is 10.3. The van der Waals surface area contributed by atoms with Gasteiger partial charge in [0.1, 0.15) is 0 Å². The van der Waals surface area contributed by atoms with Crippen molar-refractivity contribution in [3.8, 4) is 0 Å². The summed E-state index contributed by atoms with van der Waals surface area (Å²) >= 11 is 5.86. The Kier molecular flexibility index (Phi) is 4.83. The fourth-order valence-corrected chi connectivity index (χ4v) is 2.53. The first kappa shape index (κ1) is 16.0. The molecule has 0 aliphatic heterocycles. The topological polar surface area (TPSA) is 66.4 Å². The maximum atomic E-state index is 12.1. The van der Waals surface area contributed by atoms with E-state index in [4.69, 9.17) is 16.7 Å². The van der Waals surface area contributed by atoms with E-state index in [2.05, 4.69) is 5.32 Å². The van der Waals surface area contributed by atoms with Crippen molar-refractivity contribution in [2.75, 3.05) is 5.32 Å². The molecule has 0 saturated carbocycles. The van der Waals surface area contributed by atoms with Crippen LogP contribution in [0.25, 0.3) is 0 Å². The molecule has 114 valence electrons. The predicted octanol–water partition coefficient (Wildman–Crippen LogP) is 3.84. The van der Waals surface area contributed by atoms with E-state index >= 15 is 0 Å². The number of aromatic carboxylic acids is 1. The van der Waals surface area contributed by atoms with Gasteiger partial charge in [0.15, 0.2) is 0 Å². The Bertz CT molecular complexity index is 720. The minimum Gasteiger partial charge on any atom is -0.478 e. The number of aryl methyl sites for hydroxylation is 2. The van der Waals surface area contributed by atoms with Gasteiger partial charge in [-0.05, 0) is 37.6 Å². The summed E-state index contributed by atoms with van der Waals surface area (Å²) in [5.41, 5.74) is 3.26. The zero-order valence-corrected chi connectivity index (χ0v) is 13.1. The Balaban J connectivity index is 2.18. The minimum atomic E-state index is -1.11. The van der Waals surface area contributed by atoms with Gasteiger partial charge in [-0.3, -0.25) is 4.79 Å². The molecule has 2 N–H and O–H groups in total. The van der Waals surface area contributed by atoms with Crippen LogP contribution in [-0.2, 0) is 11.2 Å². The largest absolute Gasteiger partial charge is 0.478 e. The highest BCUT2D eigenvalue weighted by molar-refractivity contribution is 6.31. The number of carbonyl (C=O) groups is 2. The van der Waals surface area contributed by atoms with E-state index in [0.29, 0.717) is 5.02 Å². The summed E-state index contributed by atoms with van der Waals surface area (Å²) in [6, 6.07) is 10.2. The number of amides is 1. The Morgan fingerprint density at radius 1 is 1.09 bits per heavy atom. The molecule has 0 fully saturated rings. The molecular formula is C17H16ClNO3. The van der Waals surface area contributed by atoms with Crippen LogP contribution in [0.2, 0.25) is 5.02 Å². The summed E-state index contributed by atoms with van der Waals surface area (Å²) in [4.78, 5) is 23.3. The van der Waals surface area contributed by atoms with Crippen molar-refractivity contribution in [1.29, 1.82) is 0 Å². The lowest BCUT2D eigenvalue weighted by atomic mass is 10.0. The molecule has 0 unspecified atom stereocenters. The van der Waals surface area contributed by atoms with Crippen molar-refractivity contribution in [3.63, 3.8) is 0 Å². The molecule has 0 heterocycles. The number of anilines is 1. The van der Waals surface area contributed by atoms with Crippen LogP contribution in [0.3, 0.4) is 0 Å². The zero-order chi connectivity index (χ0) is 16.3. The molecule has 0 spiro atoms. The number of carboxylic acid groups (broad SMARTS) is 1. The van der Waals surface area contributed by atoms with Gasteiger partial charge in [-0.25, -0.2) is 4.79 Å². The third kappa shape index (κ3) is 4.09. The highest BCUT2D eigenvalue weighted by Crippen LogP contribution is 2.21. The van der Waals surface area contributed by atoms with E-state index in [1.165, 1.54) is 18.2 Å². The van der Waals surface area contributed by atoms with Gasteiger partial charge in [-0.1, -0.05) is 40.9 Å². The first-order valence-corrected chi connectivity index (χ1v) is 7.13. The molecule has 0 atom stereocenters. The second-order valence-corrected chi connectivity index (χ2v) is 5.65. The summed E-state index contributed by atoms with van der Waals surface area (Å²) in [6.45, 7) is 3.93. The molecule has 2 aromatic carbocycles. The lowest BCUT2D eigenvalue weighted by Crippen LogP contribution is -2.17. The van der Waals surface area contributed by atoms with Crippen LogP contribution in [0.15, 0.2) is 36.4 Å². The first-order valence-electron chi connectivity index (χ1n) is 6.75. The number of carbonyl (C=O) groups excluding carboxylic acids is 1. The van der Waals surface area contributed by atoms with Crippen LogP contribution >= 0.6 is 11.6 Å². The molecule has 2 rings (SSSR count). The number of benzene rings is 2. The number of hydrogen-bond donors (Lipinski definition) is 2. The predicted molar refractivity (Wildman–Crippen MR) is 86.7 cm³/mol. The van der Waals surface area contributed by atoms with Crippen molar-refractivity contribution in [2.24, 2.45) is 0 Å². The number of nitrogens with one attached hydrogen (secondary N) is 1. The summed E-state index contributed by atoms with van der Waals surface area (Å²) in [7, 11) is 0. The lowest BCUT2D eigenvalue weighted by molar-refractivity contribution is -0.115. The van der Waals surface area contributed by atoms with Crippen molar-refractivity contribution >= 4 is 29.2 Å². The molecule has 2 aromatic rings. The summed E-state index contributed by atoms with van der Waals surface area (Å²) in [5, 5.41) is 12.1. The quantitative estimate of drug-likeness (QED) is 0.900. The first-order chi connectivity index (χ1) is 10.3. The Hall–Kier alpha value is -2.33. The van der Waals surface area contributed by atoms with Crippen LogP contribution in [0.4, 0.5) is 5.69 Å². The fraction of sp³-hybridized carbons (Fsp3) is 0.176. The second kappa shape index (κ2) is 6.62. The molecule has 4 nitrogen and oxygen atoms in total. The van der Waals surface area contributed by atoms with E-state index < -0.39 is 5.97 Å². The van der Waals surface area contributed by atoms with E-state index in [0.717, 1.165) is 16.7 Å². The van der Waals surface area contributed by atoms with Crippen molar-refractivity contribution in [3.05, 3.63) is 63.7 Å². The van der Waals surface area contributed by atoms with Crippen LogP contribution in [0.5, 0.6) is 0 Å². The number of hydrogen-bond acceptors (Lipinski definition) is 2. The third-order valence-corrected chi connectivity index (χ3v) is 3.37. The van der Waals surface area contributed by atoms with E-state index in [9.17, 15) is 9.59 Å². The van der Waals surface area contributed by atoms with Gasteiger partial charge in [-0.2, -0.15) is 0 Å². The van der Waals surface area contributed by atoms with Crippen LogP contribution < -0.4 is 5.32 Å². The van der Waals surface area contributed by atoms with Crippen LogP contribution in [0, 0.1) is 13.8 Å². The molecule has 22 heavy (non-hydrogen) atoms. The van der Waals surface area contributed by atoms with Crippen LogP contribution in [0.1, 0.15) is 27.0 Å². The average molecular weight is 318 g/mol. The Morgan fingerprint density at radius 2 is 1.73 bits per heavy atom. The van der Waals surface area contributed by atoms with Gasteiger partial charge in [0.25, 0.3) is 0 Å². The molecule has 0 aliphatic carbocycles. The molecule has 0 bridgehead atoms. The van der Waals surface area contributed by atoms with Gasteiger partial charge in [0.2, 0.25) is 5.91 Å². The van der Waals surface area contributed by atoms with Crippen LogP contribution in [-0.4, -0.2) is 17.0 Å². The SMILES string of the molecule is Cc1cc(C)cc(CC(=O)Nc2cc(Cl)ccc2C(=O)O)c1. The number of halogens is 1. The standard InChI is InChI=1S/C17H16ClNO3/c1-10-5-11(2)7-12(6-10)8-16(20)19-15-9-13(18)3-4-14(15)17(21)22/h3-7,9H,8H2,1-2H3,(H,19,20)(H,21,22). The van der Waals surface area contributed by atoms with Crippen molar-refractivity contribution in [2.45, 2.75) is 20.3 Å². The van der Waals surface area contributed by atoms with E-state index in [1.807, 2.05) is 32.0 Å². The minimum absolute atomic E-state index is 0.0122. The smallest absolute Gasteiger partial charge is 0.337 e. The summed E-state index contributed by atoms with van der Waals surface area (Å²) in [5.74, 6) is -1.40. The van der Waals surface area contributed by atoms with Gasteiger partial charge in [-0.15, -0.1) is 0 Å². The van der Waals surface area contributed by atoms with Gasteiger partial charge < -0.3 is 10.4 Å². The summed E-state index contributed by atoms with van der Waals surface area (Å²) < 4.78 is 0. The summed E-state index contributed by atoms with van der Waals surface area (Å²) in [6.07, 6.45) is 0.175. The molecule has 0 aromatic heterocycles. The van der Waals surface area contributed by atoms with Gasteiger partial charge in [0.05, 0.1) is 17.7 Å². The van der Waals surface area contributed by atoms with E-state index in [1.54, 1.807) is 0 Å². The van der Waals surface area contributed by atoms with Crippen molar-refractivity contribution in [1.82, 2.24) is 0 Å². The molecule has 1 amide bonds. The maximum absolute atomic E-state index is 12.1. The number of rotatable bonds is 4. The number of carboxylic acids is 1. The highest BCUT2D eigenvalue weighted by atomic mass is 35.5. The molecule has 0 aliphatic rings. The van der Waals surface area contributed by atoms with Gasteiger partial charge in [0, 0.05) is 5.02 Å². The average Bonchev–Trinajstić information content (AvgIpc) is 2.36. The fourth-order valence-electron chi connectivity index (χ4n) is 2.36.